The molecule has 132 valence electrons. The summed E-state index contributed by atoms with van der Waals surface area (Å²) >= 11 is 8.68. The molecule has 0 spiro atoms. The van der Waals surface area contributed by atoms with E-state index in [2.05, 4.69) is 40.4 Å². The Hall–Kier alpha value is -1.92. The summed E-state index contributed by atoms with van der Waals surface area (Å²) in [4.78, 5) is 12.3. The minimum Gasteiger partial charge on any atom is -0.491 e. The van der Waals surface area contributed by atoms with Crippen molar-refractivity contribution in [2.45, 2.75) is 20.8 Å². The van der Waals surface area contributed by atoms with Crippen LogP contribution in [0.4, 0.5) is 5.69 Å². The molecule has 2 N–H and O–H groups in total. The number of nitrogens with one attached hydrogen (secondary N) is 2. The molecule has 6 heteroatoms. The summed E-state index contributed by atoms with van der Waals surface area (Å²) in [5.74, 6) is 0.851. The zero-order valence-corrected chi connectivity index (χ0v) is 16.8. The summed E-state index contributed by atoms with van der Waals surface area (Å²) in [6.07, 6.45) is 0. The summed E-state index contributed by atoms with van der Waals surface area (Å²) < 4.78 is 6.66. The molecule has 25 heavy (non-hydrogen) atoms. The third kappa shape index (κ3) is 5.83. The fraction of sp³-hybridized carbons (Fsp3) is 0.263. The van der Waals surface area contributed by atoms with Crippen LogP contribution in [-0.2, 0) is 0 Å². The van der Waals surface area contributed by atoms with E-state index in [0.717, 1.165) is 15.7 Å². The highest BCUT2D eigenvalue weighted by molar-refractivity contribution is 9.10. The normalized spacial score (nSPS) is 10.4. The smallest absolute Gasteiger partial charge is 0.257 e. The number of benzene rings is 2. The first-order valence-corrected chi connectivity index (χ1v) is 9.17. The maximum Gasteiger partial charge on any atom is 0.257 e. The molecular formula is C19H21BrN2O2S. The van der Waals surface area contributed by atoms with Gasteiger partial charge in [0, 0.05) is 10.0 Å². The van der Waals surface area contributed by atoms with Gasteiger partial charge in [-0.1, -0.05) is 48.0 Å². The third-order valence-electron chi connectivity index (χ3n) is 3.37. The van der Waals surface area contributed by atoms with Gasteiger partial charge in [0.15, 0.2) is 5.11 Å². The highest BCUT2D eigenvalue weighted by atomic mass is 79.9. The second-order valence-corrected chi connectivity index (χ2v) is 7.34. The molecular weight excluding hydrogens is 400 g/mol. The van der Waals surface area contributed by atoms with Crippen LogP contribution in [-0.4, -0.2) is 17.6 Å². The van der Waals surface area contributed by atoms with Crippen LogP contribution in [0.5, 0.6) is 5.75 Å². The molecule has 0 heterocycles. The van der Waals surface area contributed by atoms with Crippen LogP contribution in [0, 0.1) is 12.8 Å². The van der Waals surface area contributed by atoms with E-state index >= 15 is 0 Å². The molecule has 0 atom stereocenters. The molecule has 0 aromatic heterocycles. The minimum atomic E-state index is -0.265. The van der Waals surface area contributed by atoms with Crippen LogP contribution < -0.4 is 15.4 Å². The average Bonchev–Trinajstić information content (AvgIpc) is 2.56. The highest BCUT2D eigenvalue weighted by Gasteiger charge is 2.11. The first-order chi connectivity index (χ1) is 11.9. The number of rotatable bonds is 5. The Bertz CT molecular complexity index is 778. The van der Waals surface area contributed by atoms with E-state index in [1.165, 1.54) is 0 Å². The van der Waals surface area contributed by atoms with Crippen molar-refractivity contribution < 1.29 is 9.53 Å². The zero-order chi connectivity index (χ0) is 18.4. The molecule has 0 unspecified atom stereocenters. The number of aryl methyl sites for hydroxylation is 1. The van der Waals surface area contributed by atoms with Gasteiger partial charge in [0.05, 0.1) is 12.3 Å². The van der Waals surface area contributed by atoms with Crippen molar-refractivity contribution in [2.75, 3.05) is 11.9 Å². The minimum absolute atomic E-state index is 0.224. The zero-order valence-electron chi connectivity index (χ0n) is 14.4. The lowest BCUT2D eigenvalue weighted by Gasteiger charge is -2.15. The van der Waals surface area contributed by atoms with E-state index < -0.39 is 0 Å². The van der Waals surface area contributed by atoms with E-state index in [1.54, 1.807) is 12.1 Å². The predicted octanol–water partition coefficient (Wildman–Crippen LogP) is 4.92. The third-order valence-corrected chi connectivity index (χ3v) is 4.43. The Kier molecular flexibility index (Phi) is 6.96. The van der Waals surface area contributed by atoms with Crippen molar-refractivity contribution in [1.29, 1.82) is 0 Å². The first kappa shape index (κ1) is 19.4. The van der Waals surface area contributed by atoms with Crippen molar-refractivity contribution >= 4 is 44.9 Å². The molecule has 1 amide bonds. The fourth-order valence-corrected chi connectivity index (χ4v) is 2.60. The number of anilines is 1. The van der Waals surface area contributed by atoms with Gasteiger partial charge in [-0.2, -0.15) is 0 Å². The molecule has 4 nitrogen and oxygen atoms in total. The highest BCUT2D eigenvalue weighted by Crippen LogP contribution is 2.24. The predicted molar refractivity (Wildman–Crippen MR) is 109 cm³/mol. The van der Waals surface area contributed by atoms with Crippen molar-refractivity contribution in [2.24, 2.45) is 5.92 Å². The van der Waals surface area contributed by atoms with Crippen molar-refractivity contribution in [3.63, 3.8) is 0 Å². The molecule has 2 aromatic carbocycles. The average molecular weight is 421 g/mol. The Morgan fingerprint density at radius 1 is 1.24 bits per heavy atom. The molecule has 0 aliphatic rings. The van der Waals surface area contributed by atoms with Crippen LogP contribution >= 0.6 is 28.1 Å². The summed E-state index contributed by atoms with van der Waals surface area (Å²) in [6, 6.07) is 12.9. The molecule has 2 rings (SSSR count). The lowest BCUT2D eigenvalue weighted by molar-refractivity contribution is 0.0977. The van der Waals surface area contributed by atoms with Crippen LogP contribution in [0.3, 0.4) is 0 Å². The summed E-state index contributed by atoms with van der Waals surface area (Å²) in [5.41, 5.74) is 2.32. The van der Waals surface area contributed by atoms with Gasteiger partial charge in [0.2, 0.25) is 0 Å². The summed E-state index contributed by atoms with van der Waals surface area (Å²) in [6.45, 7) is 6.74. The Balaban J connectivity index is 2.02. The van der Waals surface area contributed by atoms with Crippen molar-refractivity contribution in [3.05, 3.63) is 58.1 Å². The SMILES string of the molecule is Cc1ccc(C(=O)NC(=S)Nc2ccccc2OCC(C)C)cc1Br. The molecule has 0 aliphatic carbocycles. The second-order valence-electron chi connectivity index (χ2n) is 6.07. The van der Waals surface area contributed by atoms with Crippen LogP contribution in [0.15, 0.2) is 46.9 Å². The van der Waals surface area contributed by atoms with Gasteiger partial charge in [-0.05, 0) is 54.9 Å². The summed E-state index contributed by atoms with van der Waals surface area (Å²) in [5, 5.41) is 5.94. The van der Waals surface area contributed by atoms with Gasteiger partial charge in [0.1, 0.15) is 5.75 Å². The lowest BCUT2D eigenvalue weighted by atomic mass is 10.1. The summed E-state index contributed by atoms with van der Waals surface area (Å²) in [7, 11) is 0. The van der Waals surface area contributed by atoms with Gasteiger partial charge in [0.25, 0.3) is 5.91 Å². The topological polar surface area (TPSA) is 50.4 Å². The van der Waals surface area contributed by atoms with Gasteiger partial charge < -0.3 is 10.1 Å². The Morgan fingerprint density at radius 3 is 2.64 bits per heavy atom. The molecule has 0 aliphatic heterocycles. The number of para-hydroxylation sites is 2. The van der Waals surface area contributed by atoms with E-state index in [-0.39, 0.29) is 11.0 Å². The van der Waals surface area contributed by atoms with Crippen molar-refractivity contribution in [1.82, 2.24) is 5.32 Å². The Morgan fingerprint density at radius 2 is 1.96 bits per heavy atom. The molecule has 0 saturated heterocycles. The van der Waals surface area contributed by atoms with E-state index in [0.29, 0.717) is 23.8 Å². The number of carbonyl (C=O) groups excluding carboxylic acids is 1. The van der Waals surface area contributed by atoms with E-state index in [9.17, 15) is 4.79 Å². The number of ether oxygens (including phenoxy) is 1. The molecule has 0 radical (unpaired) electrons. The standard InChI is InChI=1S/C19H21BrN2O2S/c1-12(2)11-24-17-7-5-4-6-16(17)21-19(25)22-18(23)14-9-8-13(3)15(20)10-14/h4-10,12H,11H2,1-3H3,(H2,21,22,23,25). The van der Waals surface area contributed by atoms with Gasteiger partial charge in [-0.25, -0.2) is 0 Å². The molecule has 0 fully saturated rings. The second kappa shape index (κ2) is 8.97. The van der Waals surface area contributed by atoms with Crippen molar-refractivity contribution in [3.8, 4) is 5.75 Å². The maximum absolute atomic E-state index is 12.3. The maximum atomic E-state index is 12.3. The number of amides is 1. The Labute approximate surface area is 162 Å². The van der Waals surface area contributed by atoms with Crippen LogP contribution in [0.2, 0.25) is 0 Å². The van der Waals surface area contributed by atoms with Gasteiger partial charge >= 0.3 is 0 Å². The molecule has 0 saturated carbocycles. The number of thiocarbonyl (C=S) groups is 1. The van der Waals surface area contributed by atoms with Gasteiger partial charge in [-0.3, -0.25) is 10.1 Å². The molecule has 0 bridgehead atoms. The van der Waals surface area contributed by atoms with Gasteiger partial charge in [-0.15, -0.1) is 0 Å². The van der Waals surface area contributed by atoms with E-state index in [4.69, 9.17) is 17.0 Å². The lowest BCUT2D eigenvalue weighted by Crippen LogP contribution is -2.34. The molecule has 2 aromatic rings. The monoisotopic (exact) mass is 420 g/mol. The fourth-order valence-electron chi connectivity index (χ4n) is 2.02. The quantitative estimate of drug-likeness (QED) is 0.673. The van der Waals surface area contributed by atoms with Crippen LogP contribution in [0.25, 0.3) is 0 Å². The largest absolute Gasteiger partial charge is 0.491 e. The number of halogens is 1. The van der Waals surface area contributed by atoms with E-state index in [1.807, 2.05) is 37.3 Å². The van der Waals surface area contributed by atoms with Crippen LogP contribution in [0.1, 0.15) is 29.8 Å². The number of hydrogen-bond acceptors (Lipinski definition) is 3. The number of hydrogen-bond donors (Lipinski definition) is 2. The first-order valence-electron chi connectivity index (χ1n) is 7.97. The number of carbonyl (C=O) groups is 1.